The van der Waals surface area contributed by atoms with Crippen LogP contribution < -0.4 is 5.32 Å². The fourth-order valence-corrected chi connectivity index (χ4v) is 5.07. The number of nitrogens with one attached hydrogen (secondary N) is 1. The molecule has 3 rings (SSSR count). The van der Waals surface area contributed by atoms with E-state index < -0.39 is 6.04 Å². The van der Waals surface area contributed by atoms with E-state index >= 15 is 0 Å². The zero-order valence-corrected chi connectivity index (χ0v) is 19.6. The Morgan fingerprint density at radius 1 is 1.06 bits per heavy atom. The molecule has 1 aliphatic carbocycles. The molecule has 4 nitrogen and oxygen atoms in total. The summed E-state index contributed by atoms with van der Waals surface area (Å²) < 4.78 is 0. The highest BCUT2D eigenvalue weighted by Gasteiger charge is 2.28. The molecule has 0 spiro atoms. The first-order valence-corrected chi connectivity index (χ1v) is 12.5. The van der Waals surface area contributed by atoms with Crippen molar-refractivity contribution in [3.63, 3.8) is 0 Å². The molecule has 31 heavy (non-hydrogen) atoms. The van der Waals surface area contributed by atoms with E-state index in [2.05, 4.69) is 5.32 Å². The molecular formula is C25H31ClN2O2S. The lowest BCUT2D eigenvalue weighted by molar-refractivity contribution is -0.139. The third kappa shape index (κ3) is 7.29. The van der Waals surface area contributed by atoms with E-state index in [1.54, 1.807) is 4.90 Å². The maximum Gasteiger partial charge on any atom is 0.242 e. The first-order valence-electron chi connectivity index (χ1n) is 11.0. The number of nitrogens with zero attached hydrogens (tertiary/aromatic N) is 1. The van der Waals surface area contributed by atoms with Crippen molar-refractivity contribution < 1.29 is 9.59 Å². The van der Waals surface area contributed by atoms with Crippen molar-refractivity contribution in [1.82, 2.24) is 10.2 Å². The Hall–Kier alpha value is -1.98. The van der Waals surface area contributed by atoms with Gasteiger partial charge in [0.15, 0.2) is 0 Å². The van der Waals surface area contributed by atoms with E-state index in [4.69, 9.17) is 11.6 Å². The summed E-state index contributed by atoms with van der Waals surface area (Å²) in [6.07, 6.45) is 5.61. The van der Waals surface area contributed by atoms with Gasteiger partial charge in [-0.05, 0) is 37.0 Å². The highest BCUT2D eigenvalue weighted by atomic mass is 35.5. The number of carbonyl (C=O) groups is 2. The summed E-state index contributed by atoms with van der Waals surface area (Å²) in [7, 11) is 0. The second-order valence-electron chi connectivity index (χ2n) is 8.11. The number of amides is 2. The fraction of sp³-hybridized carbons (Fsp3) is 0.440. The zero-order valence-electron chi connectivity index (χ0n) is 18.1. The van der Waals surface area contributed by atoms with Gasteiger partial charge in [0.25, 0.3) is 0 Å². The van der Waals surface area contributed by atoms with Crippen LogP contribution >= 0.6 is 23.4 Å². The van der Waals surface area contributed by atoms with Gasteiger partial charge in [-0.25, -0.2) is 0 Å². The minimum absolute atomic E-state index is 0.0350. The largest absolute Gasteiger partial charge is 0.352 e. The Kier molecular flexibility index (Phi) is 9.29. The quantitative estimate of drug-likeness (QED) is 0.544. The molecule has 0 unspecified atom stereocenters. The lowest BCUT2D eigenvalue weighted by Crippen LogP contribution is -2.50. The van der Waals surface area contributed by atoms with Gasteiger partial charge in [-0.3, -0.25) is 9.59 Å². The topological polar surface area (TPSA) is 49.4 Å². The van der Waals surface area contributed by atoms with Gasteiger partial charge in [0.1, 0.15) is 6.04 Å². The van der Waals surface area contributed by atoms with Crippen LogP contribution in [0.1, 0.15) is 50.2 Å². The minimum Gasteiger partial charge on any atom is -0.352 e. The number of benzene rings is 2. The van der Waals surface area contributed by atoms with E-state index in [0.717, 1.165) is 36.8 Å². The molecule has 1 atom stereocenters. The summed E-state index contributed by atoms with van der Waals surface area (Å²) >= 11 is 7.76. The average molecular weight is 459 g/mol. The molecule has 2 aromatic rings. The Morgan fingerprint density at radius 3 is 2.45 bits per heavy atom. The van der Waals surface area contributed by atoms with Crippen LogP contribution in [0.15, 0.2) is 54.6 Å². The van der Waals surface area contributed by atoms with Gasteiger partial charge in [-0.1, -0.05) is 79.4 Å². The standard InChI is InChI=1S/C25H31ClN2O2S/c1-19(25(30)27-22-13-6-3-7-14-22)28(16-20-10-4-2-5-11-20)24(29)18-31-17-21-12-8-9-15-23(21)26/h2,4-5,8-12,15,19,22H,3,6-7,13-14,16-18H2,1H3,(H,27,30)/t19-/m1/s1. The van der Waals surface area contributed by atoms with Crippen LogP contribution in [0.5, 0.6) is 0 Å². The summed E-state index contributed by atoms with van der Waals surface area (Å²) in [5.41, 5.74) is 2.03. The predicted octanol–water partition coefficient (Wildman–Crippen LogP) is 5.44. The molecule has 0 radical (unpaired) electrons. The van der Waals surface area contributed by atoms with Crippen molar-refractivity contribution in [2.45, 2.75) is 63.4 Å². The van der Waals surface area contributed by atoms with Crippen LogP contribution in [0.4, 0.5) is 0 Å². The van der Waals surface area contributed by atoms with Crippen molar-refractivity contribution in [2.24, 2.45) is 0 Å². The Labute approximate surface area is 194 Å². The number of hydrogen-bond donors (Lipinski definition) is 1. The molecular weight excluding hydrogens is 428 g/mol. The van der Waals surface area contributed by atoms with Crippen molar-refractivity contribution >= 4 is 35.2 Å². The van der Waals surface area contributed by atoms with Gasteiger partial charge in [0.2, 0.25) is 11.8 Å². The maximum absolute atomic E-state index is 13.2. The van der Waals surface area contributed by atoms with E-state index in [1.807, 2.05) is 61.5 Å². The zero-order chi connectivity index (χ0) is 22.1. The molecule has 1 aliphatic rings. The summed E-state index contributed by atoms with van der Waals surface area (Å²) in [5.74, 6) is 0.867. The van der Waals surface area contributed by atoms with E-state index in [-0.39, 0.29) is 17.9 Å². The highest BCUT2D eigenvalue weighted by molar-refractivity contribution is 7.99. The fourth-order valence-electron chi connectivity index (χ4n) is 3.88. The predicted molar refractivity (Wildman–Crippen MR) is 129 cm³/mol. The molecule has 1 fully saturated rings. The lowest BCUT2D eigenvalue weighted by atomic mass is 9.95. The molecule has 1 saturated carbocycles. The van der Waals surface area contributed by atoms with E-state index in [1.165, 1.54) is 18.2 Å². The van der Waals surface area contributed by atoms with Crippen LogP contribution in [-0.4, -0.2) is 34.6 Å². The number of halogens is 1. The smallest absolute Gasteiger partial charge is 0.242 e. The first kappa shape index (κ1) is 23.7. The molecule has 2 aromatic carbocycles. The Balaban J connectivity index is 1.63. The van der Waals surface area contributed by atoms with E-state index in [0.29, 0.717) is 23.1 Å². The molecule has 166 valence electrons. The summed E-state index contributed by atoms with van der Waals surface area (Å²) in [4.78, 5) is 27.8. The van der Waals surface area contributed by atoms with Gasteiger partial charge in [0, 0.05) is 23.4 Å². The normalized spacial score (nSPS) is 15.3. The van der Waals surface area contributed by atoms with Crippen LogP contribution in [0.3, 0.4) is 0 Å². The molecule has 2 amide bonds. The average Bonchev–Trinajstić information content (AvgIpc) is 2.79. The Bertz CT molecular complexity index is 856. The molecule has 1 N–H and O–H groups in total. The highest BCUT2D eigenvalue weighted by Crippen LogP contribution is 2.22. The second kappa shape index (κ2) is 12.2. The number of carbonyl (C=O) groups excluding carboxylic acids is 2. The number of thioether (sulfide) groups is 1. The third-order valence-corrected chi connectivity index (χ3v) is 7.09. The van der Waals surface area contributed by atoms with Crippen molar-refractivity contribution in [3.05, 3.63) is 70.7 Å². The molecule has 0 aromatic heterocycles. The molecule has 0 aliphatic heterocycles. The van der Waals surface area contributed by atoms with Gasteiger partial charge >= 0.3 is 0 Å². The SMILES string of the molecule is C[C@H](C(=O)NC1CCCCC1)N(Cc1ccccc1)C(=O)CSCc1ccccc1Cl. The monoisotopic (exact) mass is 458 g/mol. The summed E-state index contributed by atoms with van der Waals surface area (Å²) in [6.45, 7) is 2.25. The molecule has 0 heterocycles. The minimum atomic E-state index is -0.518. The van der Waals surface area contributed by atoms with Crippen molar-refractivity contribution in [2.75, 3.05) is 5.75 Å². The van der Waals surface area contributed by atoms with Crippen LogP contribution in [0, 0.1) is 0 Å². The second-order valence-corrected chi connectivity index (χ2v) is 9.50. The number of hydrogen-bond acceptors (Lipinski definition) is 3. The summed E-state index contributed by atoms with van der Waals surface area (Å²) in [5, 5.41) is 3.88. The third-order valence-electron chi connectivity index (χ3n) is 5.76. The first-order chi connectivity index (χ1) is 15.0. The molecule has 0 saturated heterocycles. The lowest BCUT2D eigenvalue weighted by Gasteiger charge is -2.31. The molecule has 6 heteroatoms. The van der Waals surface area contributed by atoms with Crippen molar-refractivity contribution in [3.8, 4) is 0 Å². The van der Waals surface area contributed by atoms with Crippen LogP contribution in [-0.2, 0) is 21.9 Å². The van der Waals surface area contributed by atoms with Gasteiger partial charge in [-0.2, -0.15) is 0 Å². The van der Waals surface area contributed by atoms with Crippen molar-refractivity contribution in [1.29, 1.82) is 0 Å². The number of rotatable bonds is 9. The Morgan fingerprint density at radius 2 is 1.74 bits per heavy atom. The van der Waals surface area contributed by atoms with Gasteiger partial charge in [-0.15, -0.1) is 11.8 Å². The van der Waals surface area contributed by atoms with Crippen LogP contribution in [0.2, 0.25) is 5.02 Å². The van der Waals surface area contributed by atoms with Crippen LogP contribution in [0.25, 0.3) is 0 Å². The van der Waals surface area contributed by atoms with Gasteiger partial charge in [0.05, 0.1) is 5.75 Å². The maximum atomic E-state index is 13.2. The summed E-state index contributed by atoms with van der Waals surface area (Å²) in [6, 6.07) is 17.2. The molecule has 0 bridgehead atoms. The van der Waals surface area contributed by atoms with Gasteiger partial charge < -0.3 is 10.2 Å². The van der Waals surface area contributed by atoms with E-state index in [9.17, 15) is 9.59 Å².